The summed E-state index contributed by atoms with van der Waals surface area (Å²) in [4.78, 5) is 32.4. The topological polar surface area (TPSA) is 107 Å². The van der Waals surface area contributed by atoms with Crippen LogP contribution in [0.1, 0.15) is 22.7 Å². The summed E-state index contributed by atoms with van der Waals surface area (Å²) in [5, 5.41) is 13.5. The van der Waals surface area contributed by atoms with Gasteiger partial charge in [-0.05, 0) is 41.5 Å². The Kier molecular flexibility index (Phi) is 6.83. The zero-order chi connectivity index (χ0) is 27.6. The maximum absolute atomic E-state index is 13.4. The molecule has 2 aliphatic rings. The molecule has 10 heteroatoms. The second kappa shape index (κ2) is 10.7. The number of carbonyl (C=O) groups is 2. The summed E-state index contributed by atoms with van der Waals surface area (Å²) in [6.45, 7) is 1.12. The molecular formula is C30H24N2O7S. The van der Waals surface area contributed by atoms with Gasteiger partial charge in [0.1, 0.15) is 25.6 Å². The summed E-state index contributed by atoms with van der Waals surface area (Å²) in [7, 11) is 1.52. The number of thiazole rings is 1. The zero-order valence-corrected chi connectivity index (χ0v) is 22.2. The summed E-state index contributed by atoms with van der Waals surface area (Å²) in [5.41, 5.74) is 1.78. The van der Waals surface area contributed by atoms with Gasteiger partial charge in [0.2, 0.25) is 0 Å². The molecule has 4 aromatic rings. The van der Waals surface area contributed by atoms with E-state index in [0.717, 1.165) is 5.56 Å². The number of nitrogens with zero attached hydrogens (tertiary/aromatic N) is 2. The first-order valence-corrected chi connectivity index (χ1v) is 13.4. The smallest absolute Gasteiger partial charge is 0.301 e. The van der Waals surface area contributed by atoms with Gasteiger partial charge in [-0.1, -0.05) is 36.4 Å². The van der Waals surface area contributed by atoms with Crippen LogP contribution >= 0.6 is 11.3 Å². The SMILES string of the molecule is COc1cc([C@@H]2C(=C(O)c3ccc4c(c3)OCCO4)C(=O)C(=O)N2c2nccs2)ccc1OCc1ccccc1. The zero-order valence-electron chi connectivity index (χ0n) is 21.4. The van der Waals surface area contributed by atoms with Crippen LogP contribution in [-0.4, -0.2) is 42.1 Å². The lowest BCUT2D eigenvalue weighted by Crippen LogP contribution is -2.29. The molecule has 0 spiro atoms. The number of methoxy groups -OCH3 is 1. The largest absolute Gasteiger partial charge is 0.507 e. The molecule has 1 saturated heterocycles. The Morgan fingerprint density at radius 2 is 1.82 bits per heavy atom. The maximum atomic E-state index is 13.4. The molecule has 3 heterocycles. The normalized spacial score (nSPS) is 17.6. The van der Waals surface area contributed by atoms with Crippen LogP contribution < -0.4 is 23.8 Å². The van der Waals surface area contributed by atoms with Crippen molar-refractivity contribution in [2.24, 2.45) is 0 Å². The van der Waals surface area contributed by atoms with Gasteiger partial charge in [0.05, 0.1) is 18.7 Å². The summed E-state index contributed by atoms with van der Waals surface area (Å²) < 4.78 is 22.9. The molecule has 3 aromatic carbocycles. The molecule has 6 rings (SSSR count). The second-order valence-corrected chi connectivity index (χ2v) is 9.90. The van der Waals surface area contributed by atoms with E-state index in [1.54, 1.807) is 48.0 Å². The third kappa shape index (κ3) is 4.62. The van der Waals surface area contributed by atoms with E-state index in [0.29, 0.717) is 59.1 Å². The van der Waals surface area contributed by atoms with E-state index in [2.05, 4.69) is 4.98 Å². The van der Waals surface area contributed by atoms with E-state index < -0.39 is 17.7 Å². The standard InChI is InChI=1S/C30H24N2O7S/c1-36-23-15-19(7-9-21(23)39-17-18-5-3-2-4-6-18)26-25(28(34)29(35)32(26)30-31-11-14-40-30)27(33)20-8-10-22-24(16-20)38-13-12-37-22/h2-11,14-16,26,33H,12-13,17H2,1H3/t26-/m1/s1. The number of hydrogen-bond donors (Lipinski definition) is 1. The number of aromatic nitrogens is 1. The molecule has 1 atom stereocenters. The Morgan fingerprint density at radius 1 is 1.02 bits per heavy atom. The highest BCUT2D eigenvalue weighted by Gasteiger charge is 2.48. The number of benzene rings is 3. The van der Waals surface area contributed by atoms with Crippen molar-refractivity contribution >= 4 is 33.9 Å². The number of aliphatic hydroxyl groups excluding tert-OH is 1. The van der Waals surface area contributed by atoms with Gasteiger partial charge in [-0.25, -0.2) is 4.98 Å². The van der Waals surface area contributed by atoms with Crippen molar-refractivity contribution in [2.75, 3.05) is 25.2 Å². The van der Waals surface area contributed by atoms with Crippen LogP contribution in [0.15, 0.2) is 83.9 Å². The summed E-state index contributed by atoms with van der Waals surface area (Å²) in [6, 6.07) is 18.8. The molecule has 0 radical (unpaired) electrons. The van der Waals surface area contributed by atoms with Crippen molar-refractivity contribution < 1.29 is 33.6 Å². The van der Waals surface area contributed by atoms with Crippen molar-refractivity contribution in [3.8, 4) is 23.0 Å². The lowest BCUT2D eigenvalue weighted by atomic mass is 9.95. The average Bonchev–Trinajstić information content (AvgIpc) is 3.62. The quantitative estimate of drug-likeness (QED) is 0.190. The fourth-order valence-corrected chi connectivity index (χ4v) is 5.40. The molecular weight excluding hydrogens is 532 g/mol. The number of aliphatic hydroxyl groups is 1. The highest BCUT2D eigenvalue weighted by atomic mass is 32.1. The Labute approximate surface area is 233 Å². The monoisotopic (exact) mass is 556 g/mol. The number of anilines is 1. The predicted octanol–water partition coefficient (Wildman–Crippen LogP) is 5.13. The van der Waals surface area contributed by atoms with Crippen LogP contribution in [0.4, 0.5) is 5.13 Å². The third-order valence-corrected chi connectivity index (χ3v) is 7.40. The highest BCUT2D eigenvalue weighted by molar-refractivity contribution is 7.14. The van der Waals surface area contributed by atoms with Gasteiger partial charge in [0.15, 0.2) is 28.1 Å². The van der Waals surface area contributed by atoms with Gasteiger partial charge in [0, 0.05) is 17.1 Å². The Hall–Kier alpha value is -4.83. The molecule has 0 aliphatic carbocycles. The second-order valence-electron chi connectivity index (χ2n) is 9.03. The van der Waals surface area contributed by atoms with Crippen LogP contribution in [-0.2, 0) is 16.2 Å². The number of fused-ring (bicyclic) bond motifs is 1. The van der Waals surface area contributed by atoms with Crippen molar-refractivity contribution in [1.82, 2.24) is 4.98 Å². The maximum Gasteiger partial charge on any atom is 0.301 e. The van der Waals surface area contributed by atoms with E-state index >= 15 is 0 Å². The number of amides is 1. The van der Waals surface area contributed by atoms with Gasteiger partial charge in [-0.3, -0.25) is 14.5 Å². The van der Waals surface area contributed by atoms with Crippen molar-refractivity contribution in [2.45, 2.75) is 12.6 Å². The molecule has 1 fully saturated rings. The number of rotatable bonds is 7. The molecule has 202 valence electrons. The number of ketones is 1. The summed E-state index contributed by atoms with van der Waals surface area (Å²) >= 11 is 1.22. The van der Waals surface area contributed by atoms with Gasteiger partial charge < -0.3 is 24.1 Å². The average molecular weight is 557 g/mol. The fraction of sp³-hybridized carbons (Fsp3) is 0.167. The molecule has 0 unspecified atom stereocenters. The van der Waals surface area contributed by atoms with Crippen molar-refractivity contribution in [1.29, 1.82) is 0 Å². The third-order valence-electron chi connectivity index (χ3n) is 6.63. The number of hydrogen-bond acceptors (Lipinski definition) is 9. The minimum Gasteiger partial charge on any atom is -0.507 e. The van der Waals surface area contributed by atoms with Crippen molar-refractivity contribution in [3.05, 3.63) is 101 Å². The van der Waals surface area contributed by atoms with Crippen LogP contribution in [0.2, 0.25) is 0 Å². The Balaban J connectivity index is 1.43. The fourth-order valence-electron chi connectivity index (χ4n) is 4.74. The number of carbonyl (C=O) groups excluding carboxylic acids is 2. The summed E-state index contributed by atoms with van der Waals surface area (Å²) in [5.74, 6) is -0.0484. The molecule has 2 aliphatic heterocycles. The molecule has 1 amide bonds. The van der Waals surface area contributed by atoms with E-state index in [1.165, 1.54) is 23.3 Å². The van der Waals surface area contributed by atoms with E-state index in [4.69, 9.17) is 18.9 Å². The molecule has 1 aromatic heterocycles. The Bertz CT molecular complexity index is 1600. The van der Waals surface area contributed by atoms with Gasteiger partial charge >= 0.3 is 5.91 Å². The first kappa shape index (κ1) is 25.4. The molecule has 1 N–H and O–H groups in total. The Morgan fingerprint density at radius 3 is 2.58 bits per heavy atom. The lowest BCUT2D eigenvalue weighted by molar-refractivity contribution is -0.132. The predicted molar refractivity (Wildman–Crippen MR) is 148 cm³/mol. The summed E-state index contributed by atoms with van der Waals surface area (Å²) in [6.07, 6.45) is 1.55. The van der Waals surface area contributed by atoms with Crippen LogP contribution in [0.25, 0.3) is 5.76 Å². The van der Waals surface area contributed by atoms with Gasteiger partial charge in [-0.2, -0.15) is 0 Å². The van der Waals surface area contributed by atoms with Gasteiger partial charge in [0.25, 0.3) is 5.78 Å². The minimum atomic E-state index is -0.962. The van der Waals surface area contributed by atoms with E-state index in [9.17, 15) is 14.7 Å². The van der Waals surface area contributed by atoms with Crippen LogP contribution in [0, 0.1) is 0 Å². The minimum absolute atomic E-state index is 0.0723. The molecule has 40 heavy (non-hydrogen) atoms. The number of ether oxygens (including phenoxy) is 4. The first-order chi connectivity index (χ1) is 19.5. The first-order valence-electron chi connectivity index (χ1n) is 12.5. The van der Waals surface area contributed by atoms with Gasteiger partial charge in [-0.15, -0.1) is 11.3 Å². The van der Waals surface area contributed by atoms with E-state index in [1.807, 2.05) is 30.3 Å². The van der Waals surface area contributed by atoms with Crippen LogP contribution in [0.5, 0.6) is 23.0 Å². The lowest BCUT2D eigenvalue weighted by Gasteiger charge is -2.24. The van der Waals surface area contributed by atoms with E-state index in [-0.39, 0.29) is 11.3 Å². The molecule has 0 saturated carbocycles. The highest BCUT2D eigenvalue weighted by Crippen LogP contribution is 2.45. The van der Waals surface area contributed by atoms with Crippen molar-refractivity contribution in [3.63, 3.8) is 0 Å². The number of Topliss-reactive ketones (excluding diaryl/α,β-unsaturated/α-hetero) is 1. The van der Waals surface area contributed by atoms with Crippen LogP contribution in [0.3, 0.4) is 0 Å². The molecule has 0 bridgehead atoms. The molecule has 9 nitrogen and oxygen atoms in total.